The lowest BCUT2D eigenvalue weighted by molar-refractivity contribution is -0.155. The summed E-state index contributed by atoms with van der Waals surface area (Å²) in [7, 11) is 3.11. The van der Waals surface area contributed by atoms with Crippen molar-refractivity contribution in [1.82, 2.24) is 4.90 Å². The summed E-state index contributed by atoms with van der Waals surface area (Å²) in [6.45, 7) is 4.49. The van der Waals surface area contributed by atoms with Gasteiger partial charge < -0.3 is 9.64 Å². The summed E-state index contributed by atoms with van der Waals surface area (Å²) >= 11 is 0. The smallest absolute Gasteiger partial charge is 0.318 e. The number of carbonyl (C=O) groups is 2. The van der Waals surface area contributed by atoms with E-state index < -0.39 is 11.9 Å². The zero-order valence-electron chi connectivity index (χ0n) is 11.9. The normalized spacial score (nSPS) is 17.2. The molecule has 1 rings (SSSR count). The number of carbonyl (C=O) groups excluding carboxylic acids is 2. The lowest BCUT2D eigenvalue weighted by Gasteiger charge is -2.29. The molecule has 0 bridgehead atoms. The third kappa shape index (κ3) is 3.72. The van der Waals surface area contributed by atoms with Crippen LogP contribution in [0.2, 0.25) is 0 Å². The molecule has 1 saturated carbocycles. The number of nitrogens with zero attached hydrogens (tertiary/aromatic N) is 1. The number of rotatable bonds is 6. The molecule has 0 spiro atoms. The van der Waals surface area contributed by atoms with Crippen LogP contribution in [0.15, 0.2) is 0 Å². The van der Waals surface area contributed by atoms with Gasteiger partial charge in [0.2, 0.25) is 5.91 Å². The van der Waals surface area contributed by atoms with E-state index in [9.17, 15) is 9.59 Å². The summed E-state index contributed by atoms with van der Waals surface area (Å²) in [6.07, 6.45) is 4.94. The number of amides is 1. The van der Waals surface area contributed by atoms with Crippen molar-refractivity contribution in [2.75, 3.05) is 20.7 Å². The summed E-state index contributed by atoms with van der Waals surface area (Å²) in [6, 6.07) is 0. The first-order chi connectivity index (χ1) is 8.47. The molecule has 18 heavy (non-hydrogen) atoms. The predicted octanol–water partition coefficient (Wildman–Crippen LogP) is 2.08. The van der Waals surface area contributed by atoms with Gasteiger partial charge >= 0.3 is 5.97 Å². The van der Waals surface area contributed by atoms with Gasteiger partial charge in [-0.05, 0) is 18.3 Å². The zero-order valence-corrected chi connectivity index (χ0v) is 11.9. The molecular formula is C14H25NO3. The SMILES string of the molecule is COC(=O)C(C(=O)N(C)CCC1CCC1)C(C)C. The minimum absolute atomic E-state index is 0.0314. The average molecular weight is 255 g/mol. The molecule has 0 saturated heterocycles. The van der Waals surface area contributed by atoms with Crippen LogP contribution < -0.4 is 0 Å². The maximum atomic E-state index is 12.2. The molecule has 1 fully saturated rings. The number of ether oxygens (including phenoxy) is 1. The van der Waals surface area contributed by atoms with Crippen molar-refractivity contribution < 1.29 is 14.3 Å². The molecule has 1 amide bonds. The molecule has 1 unspecified atom stereocenters. The van der Waals surface area contributed by atoms with Crippen LogP contribution in [0, 0.1) is 17.8 Å². The Bertz CT molecular complexity index is 297. The summed E-state index contributed by atoms with van der Waals surface area (Å²) in [4.78, 5) is 25.5. The Balaban J connectivity index is 2.49. The molecule has 1 aliphatic rings. The number of esters is 1. The van der Waals surface area contributed by atoms with Crippen molar-refractivity contribution in [3.05, 3.63) is 0 Å². The molecule has 1 aliphatic carbocycles. The van der Waals surface area contributed by atoms with Gasteiger partial charge in [-0.2, -0.15) is 0 Å². The third-order valence-corrected chi connectivity index (χ3v) is 3.86. The van der Waals surface area contributed by atoms with Gasteiger partial charge in [-0.15, -0.1) is 0 Å². The second kappa shape index (κ2) is 6.76. The molecule has 0 radical (unpaired) electrons. The van der Waals surface area contributed by atoms with Crippen molar-refractivity contribution in [3.63, 3.8) is 0 Å². The quantitative estimate of drug-likeness (QED) is 0.539. The van der Waals surface area contributed by atoms with E-state index in [0.717, 1.165) is 18.9 Å². The van der Waals surface area contributed by atoms with Crippen LogP contribution in [-0.2, 0) is 14.3 Å². The lowest BCUT2D eigenvalue weighted by atomic mass is 9.83. The fraction of sp³-hybridized carbons (Fsp3) is 0.857. The van der Waals surface area contributed by atoms with E-state index in [4.69, 9.17) is 4.74 Å². The predicted molar refractivity (Wildman–Crippen MR) is 69.9 cm³/mol. The van der Waals surface area contributed by atoms with Gasteiger partial charge in [0.05, 0.1) is 7.11 Å². The van der Waals surface area contributed by atoms with Gasteiger partial charge in [-0.3, -0.25) is 9.59 Å². The minimum Gasteiger partial charge on any atom is -0.468 e. The Morgan fingerprint density at radius 1 is 1.33 bits per heavy atom. The van der Waals surface area contributed by atoms with E-state index in [1.165, 1.54) is 26.4 Å². The van der Waals surface area contributed by atoms with Crippen LogP contribution in [-0.4, -0.2) is 37.5 Å². The highest BCUT2D eigenvalue weighted by atomic mass is 16.5. The third-order valence-electron chi connectivity index (χ3n) is 3.86. The fourth-order valence-corrected chi connectivity index (χ4v) is 2.29. The van der Waals surface area contributed by atoms with Gasteiger partial charge in [0.15, 0.2) is 0 Å². The number of hydrogen-bond donors (Lipinski definition) is 0. The van der Waals surface area contributed by atoms with Gasteiger partial charge in [0.1, 0.15) is 5.92 Å². The van der Waals surface area contributed by atoms with E-state index >= 15 is 0 Å². The van der Waals surface area contributed by atoms with E-state index in [-0.39, 0.29) is 11.8 Å². The molecule has 4 nitrogen and oxygen atoms in total. The first-order valence-electron chi connectivity index (χ1n) is 6.80. The largest absolute Gasteiger partial charge is 0.468 e. The highest BCUT2D eigenvalue weighted by molar-refractivity contribution is 5.97. The van der Waals surface area contributed by atoms with Gasteiger partial charge in [-0.25, -0.2) is 0 Å². The second-order valence-electron chi connectivity index (χ2n) is 5.59. The number of methoxy groups -OCH3 is 1. The van der Waals surface area contributed by atoms with Crippen LogP contribution in [0.4, 0.5) is 0 Å². The molecule has 104 valence electrons. The van der Waals surface area contributed by atoms with Crippen molar-refractivity contribution >= 4 is 11.9 Å². The number of hydrogen-bond acceptors (Lipinski definition) is 3. The van der Waals surface area contributed by atoms with Crippen molar-refractivity contribution in [2.24, 2.45) is 17.8 Å². The second-order valence-corrected chi connectivity index (χ2v) is 5.59. The molecule has 0 aromatic carbocycles. The Kier molecular flexibility index (Phi) is 5.63. The van der Waals surface area contributed by atoms with Crippen LogP contribution in [0.5, 0.6) is 0 Å². The summed E-state index contributed by atoms with van der Waals surface area (Å²) in [5.74, 6) is -0.463. The summed E-state index contributed by atoms with van der Waals surface area (Å²) < 4.78 is 4.72. The fourth-order valence-electron chi connectivity index (χ4n) is 2.29. The van der Waals surface area contributed by atoms with Crippen molar-refractivity contribution in [1.29, 1.82) is 0 Å². The molecule has 0 N–H and O–H groups in total. The molecular weight excluding hydrogens is 230 g/mol. The van der Waals surface area contributed by atoms with Crippen LogP contribution in [0.25, 0.3) is 0 Å². The highest BCUT2D eigenvalue weighted by Crippen LogP contribution is 2.29. The van der Waals surface area contributed by atoms with Crippen LogP contribution in [0.1, 0.15) is 39.5 Å². The van der Waals surface area contributed by atoms with Crippen molar-refractivity contribution in [2.45, 2.75) is 39.5 Å². The lowest BCUT2D eigenvalue weighted by Crippen LogP contribution is -2.41. The van der Waals surface area contributed by atoms with E-state index in [0.29, 0.717) is 0 Å². The minimum atomic E-state index is -0.665. The molecule has 0 heterocycles. The molecule has 0 aromatic rings. The standard InChI is InChI=1S/C14H25NO3/c1-10(2)12(14(17)18-4)13(16)15(3)9-8-11-6-5-7-11/h10-12H,5-9H2,1-4H3. The maximum absolute atomic E-state index is 12.2. The molecule has 4 heteroatoms. The van der Waals surface area contributed by atoms with Gasteiger partial charge in [0.25, 0.3) is 0 Å². The topological polar surface area (TPSA) is 46.6 Å². The van der Waals surface area contributed by atoms with Crippen LogP contribution in [0.3, 0.4) is 0 Å². The van der Waals surface area contributed by atoms with E-state index in [1.807, 2.05) is 13.8 Å². The molecule has 0 aromatic heterocycles. The van der Waals surface area contributed by atoms with Crippen LogP contribution >= 0.6 is 0 Å². The summed E-state index contributed by atoms with van der Waals surface area (Å²) in [5.41, 5.74) is 0. The Hall–Kier alpha value is -1.06. The first-order valence-corrected chi connectivity index (χ1v) is 6.80. The Morgan fingerprint density at radius 3 is 2.33 bits per heavy atom. The van der Waals surface area contributed by atoms with Gasteiger partial charge in [0, 0.05) is 13.6 Å². The Morgan fingerprint density at radius 2 is 1.94 bits per heavy atom. The molecule has 1 atom stereocenters. The average Bonchev–Trinajstić information content (AvgIpc) is 2.25. The van der Waals surface area contributed by atoms with E-state index in [1.54, 1.807) is 11.9 Å². The first kappa shape index (κ1) is 15.0. The summed E-state index contributed by atoms with van der Waals surface area (Å²) in [5, 5.41) is 0. The van der Waals surface area contributed by atoms with Crippen molar-refractivity contribution in [3.8, 4) is 0 Å². The van der Waals surface area contributed by atoms with Gasteiger partial charge in [-0.1, -0.05) is 33.1 Å². The Labute approximate surface area is 110 Å². The maximum Gasteiger partial charge on any atom is 0.318 e. The van der Waals surface area contributed by atoms with E-state index in [2.05, 4.69) is 0 Å². The monoisotopic (exact) mass is 255 g/mol. The highest BCUT2D eigenvalue weighted by Gasteiger charge is 2.33. The molecule has 0 aliphatic heterocycles. The zero-order chi connectivity index (χ0) is 13.7.